The number of carboxylic acids is 1. The van der Waals surface area contributed by atoms with Gasteiger partial charge in [0, 0.05) is 37.5 Å². The molecule has 13 nitrogen and oxygen atoms in total. The summed E-state index contributed by atoms with van der Waals surface area (Å²) in [5.74, 6) is -3.83. The van der Waals surface area contributed by atoms with Gasteiger partial charge in [0.25, 0.3) is 0 Å². The van der Waals surface area contributed by atoms with Crippen molar-refractivity contribution < 1.29 is 63.5 Å². The second-order valence-electron chi connectivity index (χ2n) is 18.8. The first-order valence-corrected chi connectivity index (χ1v) is 21.7. The lowest BCUT2D eigenvalue weighted by Gasteiger charge is -2.50. The smallest absolute Gasteiger partial charge is 0.335 e. The van der Waals surface area contributed by atoms with E-state index in [9.17, 15) is 30.3 Å². The average molecular weight is 805 g/mol. The quantitative estimate of drug-likeness (QED) is 0.182. The van der Waals surface area contributed by atoms with E-state index in [1.165, 1.54) is 6.92 Å². The number of ether oxygens (including phenoxy) is 7. The SMILES string of the molecule is C=C1[C@@H](O)[C@@H]2O[C@]3(CC[C@H](/C=C/[C@@H](C)[C@@H]4CC(C)=C[C@@]5(O[C@H](C[C@@](C)(O)C(=O)O)CC[C@H]5O)O4)O3)CC[C@H]2O[C@@H]1[C@@H](O)C[C@H](C)[C@@H]1CCC[C@@]2(OCCC[C@H]2C)O1. The zero-order valence-corrected chi connectivity index (χ0v) is 34.6. The highest BCUT2D eigenvalue weighted by atomic mass is 16.7. The molecule has 7 aliphatic heterocycles. The van der Waals surface area contributed by atoms with Crippen LogP contribution in [-0.4, -0.2) is 122 Å². The summed E-state index contributed by atoms with van der Waals surface area (Å²) in [6, 6.07) is 0. The van der Waals surface area contributed by atoms with Gasteiger partial charge in [0.15, 0.2) is 17.2 Å². The minimum Gasteiger partial charge on any atom is -0.479 e. The first kappa shape index (κ1) is 43.3. The van der Waals surface area contributed by atoms with Crippen LogP contribution in [0.25, 0.3) is 0 Å². The second kappa shape index (κ2) is 17.0. The van der Waals surface area contributed by atoms with E-state index in [1.54, 1.807) is 6.08 Å². The lowest BCUT2D eigenvalue weighted by Crippen LogP contribution is -2.60. The van der Waals surface area contributed by atoms with Gasteiger partial charge >= 0.3 is 5.97 Å². The number of aliphatic hydroxyl groups is 4. The molecule has 0 amide bonds. The van der Waals surface area contributed by atoms with Gasteiger partial charge in [-0.2, -0.15) is 0 Å². The van der Waals surface area contributed by atoms with Crippen LogP contribution in [0.4, 0.5) is 0 Å². The Morgan fingerprint density at radius 2 is 1.77 bits per heavy atom. The number of carbonyl (C=O) groups is 1. The van der Waals surface area contributed by atoms with Crippen molar-refractivity contribution in [3.8, 4) is 0 Å². The lowest BCUT2D eigenvalue weighted by molar-refractivity contribution is -0.326. The Kier molecular flexibility index (Phi) is 12.9. The molecule has 17 atom stereocenters. The predicted molar refractivity (Wildman–Crippen MR) is 208 cm³/mol. The van der Waals surface area contributed by atoms with Crippen molar-refractivity contribution in [2.45, 2.75) is 209 Å². The summed E-state index contributed by atoms with van der Waals surface area (Å²) in [6.45, 7) is 14.5. The fraction of sp³-hybridized carbons (Fsp3) is 0.841. The van der Waals surface area contributed by atoms with E-state index in [0.717, 1.165) is 50.7 Å². The topological polar surface area (TPSA) is 183 Å². The van der Waals surface area contributed by atoms with Crippen LogP contribution in [-0.2, 0) is 38.0 Å². The van der Waals surface area contributed by atoms with Crippen LogP contribution in [0, 0.1) is 17.8 Å². The average Bonchev–Trinajstić information content (AvgIpc) is 3.56. The van der Waals surface area contributed by atoms with Gasteiger partial charge in [-0.05, 0) is 95.6 Å². The van der Waals surface area contributed by atoms with E-state index in [1.807, 2.05) is 19.9 Å². The molecule has 3 spiro atoms. The molecule has 0 aromatic heterocycles. The Balaban J connectivity index is 0.916. The van der Waals surface area contributed by atoms with E-state index in [2.05, 4.69) is 26.5 Å². The maximum atomic E-state index is 11.6. The first-order chi connectivity index (χ1) is 26.9. The van der Waals surface area contributed by atoms with E-state index in [4.69, 9.17) is 33.2 Å². The minimum atomic E-state index is -1.96. The Morgan fingerprint density at radius 1 is 1.00 bits per heavy atom. The van der Waals surface area contributed by atoms with Crippen molar-refractivity contribution in [2.24, 2.45) is 17.8 Å². The molecule has 6 fully saturated rings. The van der Waals surface area contributed by atoms with Gasteiger partial charge in [-0.1, -0.05) is 45.1 Å². The van der Waals surface area contributed by atoms with Crippen molar-refractivity contribution in [1.82, 2.24) is 0 Å². The molecule has 0 unspecified atom stereocenters. The largest absolute Gasteiger partial charge is 0.479 e. The molecule has 0 bridgehead atoms. The molecule has 7 rings (SSSR count). The highest BCUT2D eigenvalue weighted by molar-refractivity contribution is 5.76. The van der Waals surface area contributed by atoms with Gasteiger partial charge in [-0.25, -0.2) is 4.79 Å². The number of fused-ring (bicyclic) bond motifs is 1. The van der Waals surface area contributed by atoms with Crippen LogP contribution in [0.1, 0.15) is 125 Å². The van der Waals surface area contributed by atoms with Crippen LogP contribution < -0.4 is 0 Å². The Hall–Kier alpha value is -1.75. The molecule has 0 aromatic rings. The van der Waals surface area contributed by atoms with Crippen molar-refractivity contribution in [3.05, 3.63) is 36.0 Å². The highest BCUT2D eigenvalue weighted by Gasteiger charge is 2.55. The molecule has 0 aromatic carbocycles. The van der Waals surface area contributed by atoms with Gasteiger partial charge in [-0.15, -0.1) is 0 Å². The summed E-state index contributed by atoms with van der Waals surface area (Å²) in [4.78, 5) is 11.6. The summed E-state index contributed by atoms with van der Waals surface area (Å²) in [5, 5.41) is 54.0. The zero-order valence-electron chi connectivity index (χ0n) is 34.6. The molecular formula is C44H68O13. The van der Waals surface area contributed by atoms with E-state index < -0.39 is 71.7 Å². The molecule has 0 radical (unpaired) electrons. The van der Waals surface area contributed by atoms with Crippen LogP contribution in [0.5, 0.6) is 0 Å². The van der Waals surface area contributed by atoms with Crippen molar-refractivity contribution in [3.63, 3.8) is 0 Å². The molecule has 13 heteroatoms. The minimum absolute atomic E-state index is 0.0262. The van der Waals surface area contributed by atoms with E-state index in [-0.39, 0.29) is 36.6 Å². The lowest BCUT2D eigenvalue weighted by atomic mass is 9.81. The monoisotopic (exact) mass is 804 g/mol. The van der Waals surface area contributed by atoms with Gasteiger partial charge in [-0.3, -0.25) is 0 Å². The predicted octanol–water partition coefficient (Wildman–Crippen LogP) is 5.21. The number of aliphatic hydroxyl groups excluding tert-OH is 3. The van der Waals surface area contributed by atoms with Crippen LogP contribution >= 0.6 is 0 Å². The van der Waals surface area contributed by atoms with Crippen LogP contribution in [0.3, 0.4) is 0 Å². The molecule has 7 aliphatic rings. The fourth-order valence-corrected chi connectivity index (χ4v) is 10.5. The molecule has 6 saturated heterocycles. The number of aliphatic carboxylic acids is 1. The molecule has 0 saturated carbocycles. The van der Waals surface area contributed by atoms with Crippen LogP contribution in [0.15, 0.2) is 36.0 Å². The maximum Gasteiger partial charge on any atom is 0.335 e. The van der Waals surface area contributed by atoms with Gasteiger partial charge in [0.05, 0.1) is 43.2 Å². The number of hydrogen-bond donors (Lipinski definition) is 5. The standard InChI is InChI=1S/C44H68O13/c1-25-21-35(56-44(23-25)36(46)14-13-31(54-44)24-41(6,50)40(48)49)26(2)11-12-30-15-18-42(53-30)19-16-34-39(57-42)37(47)29(5)38(52-34)32(45)22-27(3)33-10-7-17-43(55-33)28(4)9-8-20-51-43/h11-12,23,26-28,30-39,45-47,50H,5,7-10,13-22,24H2,1-4,6H3,(H,48,49)/b12-11+/t26-,27+,28-,30+,31+,32+,33+,34-,35+,36-,37-,38+,39-,41-,42-,43-,44-/m1/s1. The van der Waals surface area contributed by atoms with E-state index in [0.29, 0.717) is 56.4 Å². The molecule has 0 aliphatic carbocycles. The second-order valence-corrected chi connectivity index (χ2v) is 18.8. The summed E-state index contributed by atoms with van der Waals surface area (Å²) in [5.41, 5.74) is -0.550. The van der Waals surface area contributed by atoms with Crippen molar-refractivity contribution >= 4 is 5.97 Å². The zero-order chi connectivity index (χ0) is 40.9. The Labute approximate surface area is 337 Å². The summed E-state index contributed by atoms with van der Waals surface area (Å²) in [6.07, 6.45) is 9.41. The number of hydrogen-bond acceptors (Lipinski definition) is 12. The molecular weight excluding hydrogens is 736 g/mol. The fourth-order valence-electron chi connectivity index (χ4n) is 10.5. The first-order valence-electron chi connectivity index (χ1n) is 21.7. The summed E-state index contributed by atoms with van der Waals surface area (Å²) in [7, 11) is 0. The third kappa shape index (κ3) is 9.00. The van der Waals surface area contributed by atoms with Crippen LogP contribution in [0.2, 0.25) is 0 Å². The molecule has 7 heterocycles. The summed E-state index contributed by atoms with van der Waals surface area (Å²) < 4.78 is 45.3. The normalized spacial score (nSPS) is 45.4. The molecule has 322 valence electrons. The van der Waals surface area contributed by atoms with Crippen molar-refractivity contribution in [1.29, 1.82) is 0 Å². The Morgan fingerprint density at radius 3 is 2.53 bits per heavy atom. The van der Waals surface area contributed by atoms with Crippen molar-refractivity contribution in [2.75, 3.05) is 6.61 Å². The third-order valence-electron chi connectivity index (χ3n) is 14.1. The third-order valence-corrected chi connectivity index (χ3v) is 14.1. The van der Waals surface area contributed by atoms with Gasteiger partial charge in [0.2, 0.25) is 5.79 Å². The molecule has 57 heavy (non-hydrogen) atoms. The van der Waals surface area contributed by atoms with Gasteiger partial charge in [0.1, 0.15) is 24.4 Å². The Bertz CT molecular complexity index is 1510. The van der Waals surface area contributed by atoms with Gasteiger partial charge < -0.3 is 58.7 Å². The molecule has 5 N–H and O–H groups in total. The maximum absolute atomic E-state index is 11.6. The summed E-state index contributed by atoms with van der Waals surface area (Å²) >= 11 is 0. The number of rotatable bonds is 10. The highest BCUT2D eigenvalue weighted by Crippen LogP contribution is 2.47. The van der Waals surface area contributed by atoms with E-state index >= 15 is 0 Å². The number of carboxylic acid groups (broad SMARTS) is 1.